The molecule has 0 aromatic heterocycles. The molecule has 24 heavy (non-hydrogen) atoms. The summed E-state index contributed by atoms with van der Waals surface area (Å²) < 4.78 is 44.1. The fourth-order valence-electron chi connectivity index (χ4n) is 2.95. The molecule has 1 aliphatic heterocycles. The minimum atomic E-state index is -4.14. The SMILES string of the molecule is CC(C)Oc1ccccc1[C@H](CCC(F)(F)F)N1CCNCC1.Cl. The Bertz CT molecular complexity index is 491. The zero-order valence-electron chi connectivity index (χ0n) is 14.1. The van der Waals surface area contributed by atoms with E-state index in [2.05, 4.69) is 10.2 Å². The highest BCUT2D eigenvalue weighted by molar-refractivity contribution is 5.85. The molecule has 1 fully saturated rings. The minimum absolute atomic E-state index is 0. The molecule has 1 aromatic rings. The molecule has 138 valence electrons. The van der Waals surface area contributed by atoms with E-state index in [1.54, 1.807) is 0 Å². The molecule has 7 heteroatoms. The molecule has 1 aromatic carbocycles. The third-order valence-corrected chi connectivity index (χ3v) is 3.93. The van der Waals surface area contributed by atoms with Gasteiger partial charge >= 0.3 is 6.18 Å². The van der Waals surface area contributed by atoms with Crippen LogP contribution in [0.3, 0.4) is 0 Å². The van der Waals surface area contributed by atoms with Crippen LogP contribution in [0.15, 0.2) is 24.3 Å². The van der Waals surface area contributed by atoms with Crippen LogP contribution in [0.4, 0.5) is 13.2 Å². The maximum absolute atomic E-state index is 12.7. The van der Waals surface area contributed by atoms with Crippen LogP contribution in [0.2, 0.25) is 0 Å². The quantitative estimate of drug-likeness (QED) is 0.817. The molecule has 3 nitrogen and oxygen atoms in total. The Balaban J connectivity index is 0.00000288. The third kappa shape index (κ3) is 6.49. The summed E-state index contributed by atoms with van der Waals surface area (Å²) in [6.07, 6.45) is -4.87. The highest BCUT2D eigenvalue weighted by Gasteiger charge is 2.32. The number of rotatable bonds is 6. The van der Waals surface area contributed by atoms with Gasteiger partial charge < -0.3 is 10.1 Å². The molecule has 1 N–H and O–H groups in total. The molecular weight excluding hydrogens is 341 g/mol. The summed E-state index contributed by atoms with van der Waals surface area (Å²) in [4.78, 5) is 2.13. The molecule has 1 aliphatic rings. The van der Waals surface area contributed by atoms with E-state index in [4.69, 9.17) is 4.74 Å². The predicted octanol–water partition coefficient (Wildman–Crippen LogP) is 4.18. The first-order valence-electron chi connectivity index (χ1n) is 8.14. The summed E-state index contributed by atoms with van der Waals surface area (Å²) in [6, 6.07) is 7.19. The zero-order chi connectivity index (χ0) is 16.9. The Hall–Kier alpha value is -0.980. The van der Waals surface area contributed by atoms with Crippen LogP contribution in [-0.4, -0.2) is 43.4 Å². The Kier molecular flexibility index (Phi) is 8.33. The van der Waals surface area contributed by atoms with E-state index in [1.807, 2.05) is 38.1 Å². The summed E-state index contributed by atoms with van der Waals surface area (Å²) in [5, 5.41) is 3.25. The molecule has 0 spiro atoms. The smallest absolute Gasteiger partial charge is 0.389 e. The highest BCUT2D eigenvalue weighted by atomic mass is 35.5. The number of nitrogens with zero attached hydrogens (tertiary/aromatic N) is 1. The van der Waals surface area contributed by atoms with Gasteiger partial charge in [-0.25, -0.2) is 0 Å². The van der Waals surface area contributed by atoms with Crippen LogP contribution in [0, 0.1) is 0 Å². The highest BCUT2D eigenvalue weighted by Crippen LogP contribution is 2.36. The van der Waals surface area contributed by atoms with E-state index in [0.29, 0.717) is 5.75 Å². The van der Waals surface area contributed by atoms with Gasteiger partial charge in [-0.05, 0) is 26.3 Å². The number of alkyl halides is 3. The number of nitrogens with one attached hydrogen (secondary N) is 1. The second-order valence-corrected chi connectivity index (χ2v) is 6.16. The number of hydrogen-bond donors (Lipinski definition) is 1. The Labute approximate surface area is 148 Å². The predicted molar refractivity (Wildman–Crippen MR) is 91.9 cm³/mol. The molecule has 1 saturated heterocycles. The van der Waals surface area contributed by atoms with Crippen molar-refractivity contribution in [1.82, 2.24) is 10.2 Å². The fraction of sp³-hybridized carbons (Fsp3) is 0.647. The van der Waals surface area contributed by atoms with Crippen molar-refractivity contribution in [3.05, 3.63) is 29.8 Å². The summed E-state index contributed by atoms with van der Waals surface area (Å²) in [7, 11) is 0. The number of halogens is 4. The largest absolute Gasteiger partial charge is 0.491 e. The van der Waals surface area contributed by atoms with Gasteiger partial charge in [0, 0.05) is 44.2 Å². The van der Waals surface area contributed by atoms with Crippen LogP contribution >= 0.6 is 12.4 Å². The van der Waals surface area contributed by atoms with E-state index in [-0.39, 0.29) is 31.0 Å². The minimum Gasteiger partial charge on any atom is -0.491 e. The Morgan fingerprint density at radius 3 is 2.38 bits per heavy atom. The van der Waals surface area contributed by atoms with Gasteiger partial charge in [0.1, 0.15) is 5.75 Å². The van der Waals surface area contributed by atoms with Crippen LogP contribution in [0.5, 0.6) is 5.75 Å². The van der Waals surface area contributed by atoms with E-state index in [0.717, 1.165) is 31.7 Å². The molecule has 2 rings (SSSR count). The molecule has 0 aliphatic carbocycles. The summed E-state index contributed by atoms with van der Waals surface area (Å²) in [5.41, 5.74) is 0.854. The maximum atomic E-state index is 12.7. The molecule has 0 saturated carbocycles. The second-order valence-electron chi connectivity index (χ2n) is 6.16. The van der Waals surface area contributed by atoms with Crippen molar-refractivity contribution in [2.24, 2.45) is 0 Å². The normalized spacial score (nSPS) is 17.4. The van der Waals surface area contributed by atoms with Crippen molar-refractivity contribution < 1.29 is 17.9 Å². The lowest BCUT2D eigenvalue weighted by Gasteiger charge is -2.36. The molecule has 1 heterocycles. The first kappa shape index (κ1) is 21.1. The Morgan fingerprint density at radius 1 is 1.17 bits per heavy atom. The topological polar surface area (TPSA) is 24.5 Å². The molecule has 0 radical (unpaired) electrons. The number of piperazine rings is 1. The maximum Gasteiger partial charge on any atom is 0.389 e. The summed E-state index contributed by atoms with van der Waals surface area (Å²) in [6.45, 7) is 6.95. The van der Waals surface area contributed by atoms with Gasteiger partial charge in [0.2, 0.25) is 0 Å². The van der Waals surface area contributed by atoms with Crippen molar-refractivity contribution in [3.8, 4) is 5.75 Å². The van der Waals surface area contributed by atoms with Gasteiger partial charge in [-0.15, -0.1) is 12.4 Å². The fourth-order valence-corrected chi connectivity index (χ4v) is 2.95. The monoisotopic (exact) mass is 366 g/mol. The van der Waals surface area contributed by atoms with Crippen molar-refractivity contribution in [1.29, 1.82) is 0 Å². The average molecular weight is 367 g/mol. The number of hydrogen-bond acceptors (Lipinski definition) is 3. The lowest BCUT2D eigenvalue weighted by molar-refractivity contribution is -0.138. The average Bonchev–Trinajstić information content (AvgIpc) is 2.48. The molecule has 0 unspecified atom stereocenters. The van der Waals surface area contributed by atoms with E-state index in [1.165, 1.54) is 0 Å². The molecular formula is C17H26ClF3N2O. The van der Waals surface area contributed by atoms with Crippen LogP contribution in [-0.2, 0) is 0 Å². The van der Waals surface area contributed by atoms with Crippen molar-refractivity contribution in [2.75, 3.05) is 26.2 Å². The standard InChI is InChI=1S/C17H25F3N2O.ClH/c1-13(2)23-16-6-4-3-5-14(16)15(7-8-17(18,19)20)22-11-9-21-10-12-22;/h3-6,13,15,21H,7-12H2,1-2H3;1H/t15-;/m0./s1. The second kappa shape index (κ2) is 9.49. The van der Waals surface area contributed by atoms with Crippen LogP contribution < -0.4 is 10.1 Å². The van der Waals surface area contributed by atoms with Gasteiger partial charge in [0.05, 0.1) is 6.10 Å². The summed E-state index contributed by atoms with van der Waals surface area (Å²) >= 11 is 0. The van der Waals surface area contributed by atoms with E-state index >= 15 is 0 Å². The third-order valence-electron chi connectivity index (χ3n) is 3.93. The lowest BCUT2D eigenvalue weighted by atomic mass is 9.98. The van der Waals surface area contributed by atoms with E-state index in [9.17, 15) is 13.2 Å². The number of para-hydroxylation sites is 1. The van der Waals surface area contributed by atoms with Crippen molar-refractivity contribution in [3.63, 3.8) is 0 Å². The van der Waals surface area contributed by atoms with Crippen LogP contribution in [0.25, 0.3) is 0 Å². The first-order valence-corrected chi connectivity index (χ1v) is 8.14. The van der Waals surface area contributed by atoms with Crippen molar-refractivity contribution in [2.45, 2.75) is 45.0 Å². The first-order chi connectivity index (χ1) is 10.9. The van der Waals surface area contributed by atoms with Crippen molar-refractivity contribution >= 4 is 12.4 Å². The summed E-state index contributed by atoms with van der Waals surface area (Å²) in [5.74, 6) is 0.688. The van der Waals surface area contributed by atoms with Crippen LogP contribution in [0.1, 0.15) is 38.3 Å². The van der Waals surface area contributed by atoms with Gasteiger partial charge in [-0.2, -0.15) is 13.2 Å². The zero-order valence-corrected chi connectivity index (χ0v) is 14.9. The number of ether oxygens (including phenoxy) is 1. The van der Waals surface area contributed by atoms with Gasteiger partial charge in [-0.1, -0.05) is 18.2 Å². The molecule has 1 atom stereocenters. The Morgan fingerprint density at radius 2 is 1.79 bits per heavy atom. The molecule has 0 bridgehead atoms. The van der Waals surface area contributed by atoms with E-state index < -0.39 is 12.6 Å². The van der Waals surface area contributed by atoms with Gasteiger partial charge in [0.25, 0.3) is 0 Å². The molecule has 0 amide bonds. The van der Waals surface area contributed by atoms with Gasteiger partial charge in [0.15, 0.2) is 0 Å². The number of benzene rings is 1. The lowest BCUT2D eigenvalue weighted by Crippen LogP contribution is -2.45. The van der Waals surface area contributed by atoms with Gasteiger partial charge in [-0.3, -0.25) is 4.90 Å².